The highest BCUT2D eigenvalue weighted by atomic mass is 16.6. The second-order valence-electron chi connectivity index (χ2n) is 3.59. The van der Waals surface area contributed by atoms with Crippen LogP contribution in [-0.2, 0) is 0 Å². The normalized spacial score (nSPS) is 8.95. The average molecular weight is 272 g/mol. The van der Waals surface area contributed by atoms with Crippen LogP contribution in [0.25, 0.3) is 0 Å². The Morgan fingerprint density at radius 2 is 2.05 bits per heavy atom. The fourth-order valence-electron chi connectivity index (χ4n) is 1.34. The van der Waals surface area contributed by atoms with Gasteiger partial charge in [-0.25, -0.2) is 0 Å². The molecule has 20 heavy (non-hydrogen) atoms. The van der Waals surface area contributed by atoms with Crippen molar-refractivity contribution >= 4 is 23.0 Å². The molecule has 0 heterocycles. The predicted molar refractivity (Wildman–Crippen MR) is 68.6 cm³/mol. The van der Waals surface area contributed by atoms with Crippen molar-refractivity contribution in [2.45, 2.75) is 6.92 Å². The summed E-state index contributed by atoms with van der Waals surface area (Å²) in [5.41, 5.74) is 6.84. The number of hydrogen-bond donors (Lipinski definition) is 2. The molecule has 0 atom stereocenters. The minimum atomic E-state index is -0.846. The highest BCUT2D eigenvalue weighted by Gasteiger charge is 2.18. The number of benzene rings is 1. The summed E-state index contributed by atoms with van der Waals surface area (Å²) in [5.74, 6) is -0.846. The molecule has 1 rings (SSSR count). The number of nitrogens with zero attached hydrogens (tertiary/aromatic N) is 4. The molecule has 9 nitrogen and oxygen atoms in total. The molecule has 0 spiro atoms. The Hall–Kier alpha value is -3.46. The number of carbonyl (C=O) groups excluding carboxylic acids is 1. The van der Waals surface area contributed by atoms with Gasteiger partial charge in [0.25, 0.3) is 5.69 Å². The van der Waals surface area contributed by atoms with Gasteiger partial charge in [0.05, 0.1) is 16.2 Å². The molecular formula is C11H8N6O3. The second kappa shape index (κ2) is 5.93. The standard InChI is InChI=1S/C11H8N6O3/c1-6-9(16-15-8(4-12)5-13)2-7(11(14)18)3-10(6)17(19)20/h2-3,16H,1H3,(H2,14,18). The number of nitriles is 2. The third kappa shape index (κ3) is 3.05. The van der Waals surface area contributed by atoms with Gasteiger partial charge in [-0.05, 0) is 13.0 Å². The molecule has 100 valence electrons. The summed E-state index contributed by atoms with van der Waals surface area (Å²) in [6.45, 7) is 1.43. The molecule has 0 saturated heterocycles. The first-order valence-electron chi connectivity index (χ1n) is 5.13. The third-order valence-electron chi connectivity index (χ3n) is 2.36. The molecule has 0 aliphatic rings. The lowest BCUT2D eigenvalue weighted by atomic mass is 10.1. The van der Waals surface area contributed by atoms with Gasteiger partial charge in [0.15, 0.2) is 0 Å². The molecule has 0 aliphatic heterocycles. The number of primary amides is 1. The maximum Gasteiger partial charge on any atom is 0.275 e. The van der Waals surface area contributed by atoms with Crippen LogP contribution >= 0.6 is 0 Å². The monoisotopic (exact) mass is 272 g/mol. The first kappa shape index (κ1) is 14.6. The Kier molecular flexibility index (Phi) is 4.33. The summed E-state index contributed by atoms with van der Waals surface area (Å²) in [6.07, 6.45) is 0. The molecular weight excluding hydrogens is 264 g/mol. The molecule has 0 saturated carbocycles. The number of hydrazone groups is 1. The lowest BCUT2D eigenvalue weighted by molar-refractivity contribution is -0.385. The summed E-state index contributed by atoms with van der Waals surface area (Å²) in [7, 11) is 0. The molecule has 0 aromatic heterocycles. The van der Waals surface area contributed by atoms with Gasteiger partial charge in [0.2, 0.25) is 11.6 Å². The molecule has 1 aromatic carbocycles. The molecule has 9 heteroatoms. The number of amides is 1. The number of nitro groups is 1. The number of nitrogens with two attached hydrogens (primary N) is 1. The van der Waals surface area contributed by atoms with E-state index in [4.69, 9.17) is 16.3 Å². The number of nitrogens with one attached hydrogen (secondary N) is 1. The van der Waals surface area contributed by atoms with Crippen molar-refractivity contribution in [3.05, 3.63) is 33.4 Å². The molecule has 1 aromatic rings. The summed E-state index contributed by atoms with van der Waals surface area (Å²) in [4.78, 5) is 21.3. The van der Waals surface area contributed by atoms with Gasteiger partial charge in [-0.2, -0.15) is 15.6 Å². The average Bonchev–Trinajstić information content (AvgIpc) is 2.40. The Morgan fingerprint density at radius 1 is 1.45 bits per heavy atom. The van der Waals surface area contributed by atoms with Gasteiger partial charge in [-0.15, -0.1) is 0 Å². The summed E-state index contributed by atoms with van der Waals surface area (Å²) in [6, 6.07) is 5.33. The Morgan fingerprint density at radius 3 is 2.50 bits per heavy atom. The molecule has 0 radical (unpaired) electrons. The van der Waals surface area contributed by atoms with Crippen LogP contribution in [-0.4, -0.2) is 16.5 Å². The van der Waals surface area contributed by atoms with E-state index in [1.807, 2.05) is 0 Å². The number of rotatable bonds is 4. The van der Waals surface area contributed by atoms with Crippen LogP contribution in [0, 0.1) is 39.7 Å². The van der Waals surface area contributed by atoms with Crippen molar-refractivity contribution in [1.82, 2.24) is 0 Å². The number of anilines is 1. The number of hydrogen-bond acceptors (Lipinski definition) is 7. The molecule has 0 unspecified atom stereocenters. The van der Waals surface area contributed by atoms with E-state index < -0.39 is 16.5 Å². The van der Waals surface area contributed by atoms with Crippen LogP contribution in [0.2, 0.25) is 0 Å². The maximum absolute atomic E-state index is 11.1. The van der Waals surface area contributed by atoms with Crippen LogP contribution in [0.5, 0.6) is 0 Å². The van der Waals surface area contributed by atoms with Crippen LogP contribution in [0.3, 0.4) is 0 Å². The van der Waals surface area contributed by atoms with Crippen molar-refractivity contribution in [1.29, 1.82) is 10.5 Å². The van der Waals surface area contributed by atoms with Crippen molar-refractivity contribution < 1.29 is 9.72 Å². The van der Waals surface area contributed by atoms with E-state index in [0.29, 0.717) is 0 Å². The van der Waals surface area contributed by atoms with Gasteiger partial charge in [-0.1, -0.05) is 0 Å². The van der Waals surface area contributed by atoms with Gasteiger partial charge in [-0.3, -0.25) is 20.3 Å². The van der Waals surface area contributed by atoms with Crippen LogP contribution in [0.4, 0.5) is 11.4 Å². The number of nitro benzene ring substituents is 1. The van der Waals surface area contributed by atoms with Crippen molar-refractivity contribution in [3.63, 3.8) is 0 Å². The zero-order valence-corrected chi connectivity index (χ0v) is 10.2. The smallest absolute Gasteiger partial charge is 0.275 e. The van der Waals surface area contributed by atoms with E-state index in [9.17, 15) is 14.9 Å². The Labute approximate surface area is 113 Å². The van der Waals surface area contributed by atoms with E-state index in [1.54, 1.807) is 0 Å². The van der Waals surface area contributed by atoms with Crippen LogP contribution in [0.15, 0.2) is 17.2 Å². The first-order chi connectivity index (χ1) is 9.40. The number of carbonyl (C=O) groups is 1. The fraction of sp³-hybridized carbons (Fsp3) is 0.0909. The third-order valence-corrected chi connectivity index (χ3v) is 2.36. The fourth-order valence-corrected chi connectivity index (χ4v) is 1.34. The topological polar surface area (TPSA) is 158 Å². The Bertz CT molecular complexity index is 679. The minimum Gasteiger partial charge on any atom is -0.366 e. The summed E-state index contributed by atoms with van der Waals surface area (Å²) >= 11 is 0. The van der Waals surface area contributed by atoms with Gasteiger partial charge in [0, 0.05) is 11.6 Å². The van der Waals surface area contributed by atoms with Crippen LogP contribution < -0.4 is 11.2 Å². The minimum absolute atomic E-state index is 0.0875. The highest BCUT2D eigenvalue weighted by Crippen LogP contribution is 2.27. The van der Waals surface area contributed by atoms with Gasteiger partial charge >= 0.3 is 0 Å². The van der Waals surface area contributed by atoms with E-state index in [0.717, 1.165) is 6.07 Å². The maximum atomic E-state index is 11.1. The summed E-state index contributed by atoms with van der Waals surface area (Å²) in [5, 5.41) is 31.4. The predicted octanol–water partition coefficient (Wildman–Crippen LogP) is 0.817. The first-order valence-corrected chi connectivity index (χ1v) is 5.13. The lowest BCUT2D eigenvalue weighted by Gasteiger charge is -2.07. The zero-order valence-electron chi connectivity index (χ0n) is 10.2. The van der Waals surface area contributed by atoms with Crippen molar-refractivity contribution in [3.8, 4) is 12.1 Å². The lowest BCUT2D eigenvalue weighted by Crippen LogP contribution is -2.12. The van der Waals surface area contributed by atoms with Gasteiger partial charge in [0.1, 0.15) is 12.1 Å². The van der Waals surface area contributed by atoms with Crippen molar-refractivity contribution in [2.75, 3.05) is 5.43 Å². The van der Waals surface area contributed by atoms with E-state index >= 15 is 0 Å². The largest absolute Gasteiger partial charge is 0.366 e. The molecule has 3 N–H and O–H groups in total. The van der Waals surface area contributed by atoms with Crippen molar-refractivity contribution in [2.24, 2.45) is 10.8 Å². The molecule has 0 fully saturated rings. The summed E-state index contributed by atoms with van der Waals surface area (Å²) < 4.78 is 0. The highest BCUT2D eigenvalue weighted by molar-refractivity contribution is 6.10. The SMILES string of the molecule is Cc1c(NN=C(C#N)C#N)cc(C(N)=O)cc1[N+](=O)[O-]. The molecule has 0 bridgehead atoms. The molecule has 0 aliphatic carbocycles. The molecule has 1 amide bonds. The quantitative estimate of drug-likeness (QED) is 0.468. The Balaban J connectivity index is 3.36. The zero-order chi connectivity index (χ0) is 15.3. The van der Waals surface area contributed by atoms with E-state index in [1.165, 1.54) is 25.1 Å². The van der Waals surface area contributed by atoms with Crippen LogP contribution in [0.1, 0.15) is 15.9 Å². The van der Waals surface area contributed by atoms with E-state index in [-0.39, 0.29) is 22.5 Å². The van der Waals surface area contributed by atoms with Gasteiger partial charge < -0.3 is 5.73 Å². The van der Waals surface area contributed by atoms with E-state index in [2.05, 4.69) is 10.5 Å². The second-order valence-corrected chi connectivity index (χ2v) is 3.59.